The molecule has 0 amide bonds. The zero-order chi connectivity index (χ0) is 30.4. The van der Waals surface area contributed by atoms with Crippen LogP contribution in [0.2, 0.25) is 0 Å². The van der Waals surface area contributed by atoms with Crippen LogP contribution in [0.5, 0.6) is 17.2 Å². The molecule has 43 heavy (non-hydrogen) atoms. The van der Waals surface area contributed by atoms with Crippen LogP contribution >= 0.6 is 0 Å². The third-order valence-electron chi connectivity index (χ3n) is 9.08. The average molecular weight is 579 g/mol. The van der Waals surface area contributed by atoms with E-state index in [1.54, 1.807) is 35.3 Å². The molecular formula is C33H26N2O8. The Morgan fingerprint density at radius 3 is 2.21 bits per heavy atom. The largest absolute Gasteiger partial charge is 0.507 e. The van der Waals surface area contributed by atoms with Crippen molar-refractivity contribution in [1.82, 2.24) is 9.88 Å². The Morgan fingerprint density at radius 2 is 1.53 bits per heavy atom. The van der Waals surface area contributed by atoms with E-state index in [1.165, 1.54) is 0 Å². The van der Waals surface area contributed by atoms with Gasteiger partial charge in [-0.05, 0) is 55.7 Å². The second-order valence-corrected chi connectivity index (χ2v) is 11.3. The fourth-order valence-electron chi connectivity index (χ4n) is 7.17. The number of aromatic nitrogens is 1. The lowest BCUT2D eigenvalue weighted by Crippen LogP contribution is -2.36. The van der Waals surface area contributed by atoms with Gasteiger partial charge in [-0.3, -0.25) is 24.0 Å². The fourth-order valence-corrected chi connectivity index (χ4v) is 7.17. The van der Waals surface area contributed by atoms with E-state index in [4.69, 9.17) is 0 Å². The molecule has 7 rings (SSSR count). The van der Waals surface area contributed by atoms with E-state index in [0.29, 0.717) is 29.7 Å². The van der Waals surface area contributed by atoms with Gasteiger partial charge in [-0.25, -0.2) is 0 Å². The summed E-state index contributed by atoms with van der Waals surface area (Å²) in [5.74, 6) is -5.54. The van der Waals surface area contributed by atoms with Crippen LogP contribution < -0.4 is 5.56 Å². The van der Waals surface area contributed by atoms with Crippen molar-refractivity contribution in [2.45, 2.75) is 38.0 Å². The molecule has 3 aliphatic carbocycles. The number of phenolic OH excluding ortho intramolecular Hbond substituents is 3. The second kappa shape index (κ2) is 9.12. The Labute approximate surface area is 244 Å². The maximum Gasteiger partial charge on any atom is 0.260 e. The number of aromatic hydroxyl groups is 3. The predicted octanol–water partition coefficient (Wildman–Crippen LogP) is 3.86. The number of H-pyrrole nitrogens is 1. The van der Waals surface area contributed by atoms with Crippen LogP contribution in [0, 0.1) is 0 Å². The number of carbonyl (C=O) groups is 4. The molecule has 1 aromatic heterocycles. The number of nitrogens with one attached hydrogen (secondary N) is 1. The summed E-state index contributed by atoms with van der Waals surface area (Å²) in [6.07, 6.45) is 9.84. The third-order valence-corrected chi connectivity index (χ3v) is 9.08. The van der Waals surface area contributed by atoms with Crippen molar-refractivity contribution < 1.29 is 34.5 Å². The average Bonchev–Trinajstić information content (AvgIpc) is 3.68. The molecule has 216 valence electrons. The Morgan fingerprint density at radius 1 is 0.860 bits per heavy atom. The molecule has 1 saturated heterocycles. The maximum absolute atomic E-state index is 14.2. The molecule has 0 radical (unpaired) electrons. The number of likely N-dealkylation sites (tertiary alicyclic amines) is 1. The van der Waals surface area contributed by atoms with Crippen molar-refractivity contribution in [3.05, 3.63) is 91.6 Å². The molecule has 10 nitrogen and oxygen atoms in total. The van der Waals surface area contributed by atoms with Crippen LogP contribution in [0.4, 0.5) is 0 Å². The molecule has 1 spiro atoms. The van der Waals surface area contributed by atoms with Gasteiger partial charge in [0.25, 0.3) is 5.56 Å². The number of ketones is 4. The summed E-state index contributed by atoms with van der Waals surface area (Å²) in [6.45, 7) is 2.92. The van der Waals surface area contributed by atoms with Crippen molar-refractivity contribution >= 4 is 40.0 Å². The molecule has 1 aliphatic heterocycles. The maximum atomic E-state index is 14.2. The van der Waals surface area contributed by atoms with E-state index in [-0.39, 0.29) is 29.5 Å². The minimum absolute atomic E-state index is 0.0608. The van der Waals surface area contributed by atoms with Crippen LogP contribution in [-0.2, 0) is 11.8 Å². The molecule has 1 atom stereocenters. The summed E-state index contributed by atoms with van der Waals surface area (Å²) in [7, 11) is 0. The van der Waals surface area contributed by atoms with Crippen LogP contribution in [0.25, 0.3) is 16.8 Å². The number of hydrogen-bond acceptors (Lipinski definition) is 9. The number of aryl methyl sites for hydroxylation is 1. The van der Waals surface area contributed by atoms with Crippen molar-refractivity contribution in [3.8, 4) is 17.2 Å². The Bertz CT molecular complexity index is 2020. The number of hydrogen-bond donors (Lipinski definition) is 4. The van der Waals surface area contributed by atoms with Gasteiger partial charge in [0.1, 0.15) is 22.7 Å². The molecule has 1 fully saturated rings. The second-order valence-electron chi connectivity index (χ2n) is 11.3. The highest BCUT2D eigenvalue weighted by Gasteiger charge is 2.61. The number of phenols is 3. The standard InChI is InChI=1S/C33H26N2O8/c1-2-3-4-7-17-13-16-12-15-8-9-33(25(15)29(40)20(16)32(43)34-17)30(41)23-24(31(33)42)28(39)22-21(27(23)38)19(36)14-18(26(22)37)35-10-5-6-11-35/h2-4,7,12-14,38-40H,5-6,8-11H2,1H3,(H,34,43)/b3-2+,7-4+/t33-/m0/s1. The predicted molar refractivity (Wildman–Crippen MR) is 156 cm³/mol. The number of nitrogens with zero attached hydrogens (tertiary/aromatic N) is 1. The number of benzene rings is 2. The lowest BCUT2D eigenvalue weighted by molar-refractivity contribution is 0.0790. The first-order valence-electron chi connectivity index (χ1n) is 14.1. The first kappa shape index (κ1) is 26.6. The minimum Gasteiger partial charge on any atom is -0.507 e. The Balaban J connectivity index is 1.41. The van der Waals surface area contributed by atoms with Crippen molar-refractivity contribution in [3.63, 3.8) is 0 Å². The molecule has 2 aromatic carbocycles. The zero-order valence-corrected chi connectivity index (χ0v) is 23.1. The van der Waals surface area contributed by atoms with Gasteiger partial charge in [0.15, 0.2) is 17.3 Å². The summed E-state index contributed by atoms with van der Waals surface area (Å²) in [6, 6.07) is 3.32. The monoisotopic (exact) mass is 578 g/mol. The van der Waals surface area contributed by atoms with E-state index in [2.05, 4.69) is 4.98 Å². The van der Waals surface area contributed by atoms with Gasteiger partial charge in [-0.15, -0.1) is 0 Å². The number of fused-ring (bicyclic) bond motifs is 5. The van der Waals surface area contributed by atoms with Crippen LogP contribution in [0.1, 0.15) is 84.4 Å². The van der Waals surface area contributed by atoms with Gasteiger partial charge in [0.2, 0.25) is 5.78 Å². The van der Waals surface area contributed by atoms with Gasteiger partial charge in [-0.2, -0.15) is 0 Å². The van der Waals surface area contributed by atoms with Gasteiger partial charge in [0, 0.05) is 30.4 Å². The number of aromatic amines is 1. The molecule has 2 heterocycles. The van der Waals surface area contributed by atoms with E-state index in [0.717, 1.165) is 18.9 Å². The van der Waals surface area contributed by atoms with Crippen molar-refractivity contribution in [1.29, 1.82) is 0 Å². The van der Waals surface area contributed by atoms with E-state index in [9.17, 15) is 39.3 Å². The number of allylic oxidation sites excluding steroid dienone is 5. The first-order chi connectivity index (χ1) is 20.6. The molecular weight excluding hydrogens is 552 g/mol. The molecule has 3 aromatic rings. The lowest BCUT2D eigenvalue weighted by atomic mass is 9.76. The normalized spacial score (nSPS) is 21.1. The van der Waals surface area contributed by atoms with E-state index in [1.807, 2.05) is 13.0 Å². The van der Waals surface area contributed by atoms with Crippen LogP contribution in [-0.4, -0.2) is 61.4 Å². The third kappa shape index (κ3) is 3.37. The molecule has 10 heteroatoms. The van der Waals surface area contributed by atoms with Crippen LogP contribution in [0.3, 0.4) is 0 Å². The quantitative estimate of drug-likeness (QED) is 0.205. The van der Waals surface area contributed by atoms with Crippen molar-refractivity contribution in [2.24, 2.45) is 0 Å². The van der Waals surface area contributed by atoms with E-state index >= 15 is 0 Å². The Hall–Kier alpha value is -5.25. The van der Waals surface area contributed by atoms with Gasteiger partial charge < -0.3 is 25.2 Å². The molecule has 4 N–H and O–H groups in total. The number of pyridine rings is 1. The SMILES string of the molecule is C/C=C/C=C/c1cc2cc3c(c(O)c2c(=O)[nH]1)[C@@]1(CC3)C(=O)c2c(O)c3c(c(O)c2C1=O)C(=O)C(N1CCCC1)=CC3=O. The van der Waals surface area contributed by atoms with Gasteiger partial charge in [-0.1, -0.05) is 24.3 Å². The minimum atomic E-state index is -2.05. The first-order valence-corrected chi connectivity index (χ1v) is 14.1. The number of carbonyl (C=O) groups excluding carboxylic acids is 4. The highest BCUT2D eigenvalue weighted by Crippen LogP contribution is 2.57. The summed E-state index contributed by atoms with van der Waals surface area (Å²) >= 11 is 0. The number of rotatable bonds is 3. The summed E-state index contributed by atoms with van der Waals surface area (Å²) in [5, 5.41) is 34.4. The van der Waals surface area contributed by atoms with Crippen molar-refractivity contribution in [2.75, 3.05) is 13.1 Å². The van der Waals surface area contributed by atoms with Crippen LogP contribution in [0.15, 0.2) is 46.9 Å². The summed E-state index contributed by atoms with van der Waals surface area (Å²) in [5.41, 5.74) is -3.91. The highest BCUT2D eigenvalue weighted by atomic mass is 16.3. The lowest BCUT2D eigenvalue weighted by Gasteiger charge is -2.25. The fraction of sp³-hybridized carbons (Fsp3) is 0.242. The smallest absolute Gasteiger partial charge is 0.260 e. The van der Waals surface area contributed by atoms with Gasteiger partial charge in [0.05, 0.1) is 33.3 Å². The van der Waals surface area contributed by atoms with E-state index < -0.39 is 73.6 Å². The summed E-state index contributed by atoms with van der Waals surface area (Å²) in [4.78, 5) is 72.7. The molecule has 0 unspecified atom stereocenters. The molecule has 4 aliphatic rings. The summed E-state index contributed by atoms with van der Waals surface area (Å²) < 4.78 is 0. The zero-order valence-electron chi connectivity index (χ0n) is 23.1. The topological polar surface area (TPSA) is 165 Å². The van der Waals surface area contributed by atoms with Gasteiger partial charge >= 0.3 is 0 Å². The number of Topliss-reactive ketones (excluding diaryl/α,β-unsaturated/α-hetero) is 3. The Kier molecular flexibility index (Phi) is 5.65. The molecule has 0 bridgehead atoms. The highest BCUT2D eigenvalue weighted by molar-refractivity contribution is 6.39. The molecule has 0 saturated carbocycles.